The first kappa shape index (κ1) is 98.5. The van der Waals surface area contributed by atoms with Crippen molar-refractivity contribution in [1.82, 2.24) is 55.5 Å². The molecule has 692 valence electrons. The Morgan fingerprint density at radius 2 is 0.519 bits per heavy atom. The number of hydrogen-bond donors (Lipinski definition) is 6. The van der Waals surface area contributed by atoms with Gasteiger partial charge in [0.05, 0.1) is 45.5 Å². The number of aromatic nitrogens is 9. The van der Waals surface area contributed by atoms with Gasteiger partial charge in [-0.1, -0.05) is 191 Å². The van der Waals surface area contributed by atoms with Gasteiger partial charge in [0.1, 0.15) is 67.5 Å². The van der Waals surface area contributed by atoms with Gasteiger partial charge in [-0.25, -0.2) is 64.0 Å². The molecule has 0 spiro atoms. The van der Waals surface area contributed by atoms with E-state index in [1.54, 1.807) is 48.6 Å². The molecule has 0 fully saturated rings. The molecule has 0 saturated heterocycles. The van der Waals surface area contributed by atoms with E-state index in [1.165, 1.54) is 18.2 Å². The van der Waals surface area contributed by atoms with Crippen LogP contribution in [0.5, 0.6) is 34.5 Å². The van der Waals surface area contributed by atoms with Crippen molar-refractivity contribution in [3.63, 3.8) is 0 Å². The summed E-state index contributed by atoms with van der Waals surface area (Å²) >= 11 is 0. The number of aryl methyl sites for hydroxylation is 12. The van der Waals surface area contributed by atoms with Crippen LogP contribution in [0, 0.1) is 83.1 Å². The molecule has 0 aliphatic rings. The molecule has 0 unspecified atom stereocenters. The third-order valence-corrected chi connectivity index (χ3v) is 22.9. The Balaban J connectivity index is 0.000000260. The van der Waals surface area contributed by atoms with Crippen LogP contribution in [-0.4, -0.2) is 129 Å². The zero-order chi connectivity index (χ0) is 97.4. The highest BCUT2D eigenvalue weighted by atomic mass is 16.6. The topological polar surface area (TPSA) is 360 Å². The highest BCUT2D eigenvalue weighted by Gasteiger charge is 2.31. The summed E-state index contributed by atoms with van der Waals surface area (Å²) < 4.78 is 28.2. The van der Waals surface area contributed by atoms with Crippen LogP contribution in [0.2, 0.25) is 0 Å². The molecular weight excluding hydrogens is 1700 g/mol. The quantitative estimate of drug-likeness (QED) is 0.0151. The molecule has 0 aliphatic carbocycles. The number of aliphatic hydroxyl groups is 1. The normalized spacial score (nSPS) is 11.3. The summed E-state index contributed by atoms with van der Waals surface area (Å²) in [5, 5.41) is 48.2. The van der Waals surface area contributed by atoms with E-state index in [9.17, 15) is 34.5 Å². The van der Waals surface area contributed by atoms with Crippen LogP contribution in [-0.2, 0) is 41.2 Å². The van der Waals surface area contributed by atoms with Crippen molar-refractivity contribution < 1.29 is 63.3 Å². The molecule has 0 radical (unpaired) electrons. The van der Waals surface area contributed by atoms with Crippen LogP contribution in [0.15, 0.2) is 222 Å². The number of aliphatic hydroxyl groups excluding tert-OH is 1. The number of alkyl carbamates (subject to hydrolysis) is 2. The van der Waals surface area contributed by atoms with Crippen molar-refractivity contribution in [2.24, 2.45) is 9.98 Å². The first-order valence-corrected chi connectivity index (χ1v) is 44.2. The second kappa shape index (κ2) is 42.8. The van der Waals surface area contributed by atoms with Gasteiger partial charge in [0.15, 0.2) is 52.4 Å². The largest absolute Gasteiger partial charge is 0.507 e. The summed E-state index contributed by atoms with van der Waals surface area (Å²) in [5.41, 5.74) is 19.8. The Morgan fingerprint density at radius 3 is 0.748 bits per heavy atom. The minimum Gasteiger partial charge on any atom is -0.507 e. The lowest BCUT2D eigenvalue weighted by Gasteiger charge is -2.30. The molecule has 3 aromatic heterocycles. The zero-order valence-electron chi connectivity index (χ0n) is 79.8. The molecule has 0 saturated carbocycles. The number of phenols is 3. The summed E-state index contributed by atoms with van der Waals surface area (Å²) in [6, 6.07) is 66.4. The third kappa shape index (κ3) is 25.0. The fraction of sp³-hybridized carbons (Fsp3) is 0.275. The van der Waals surface area contributed by atoms with Gasteiger partial charge in [-0.3, -0.25) is 0 Å². The summed E-state index contributed by atoms with van der Waals surface area (Å²) in [4.78, 5) is 98.1. The molecule has 14 rings (SSSR count). The van der Waals surface area contributed by atoms with E-state index < -0.39 is 34.3 Å². The van der Waals surface area contributed by atoms with Crippen LogP contribution in [0.4, 0.5) is 9.59 Å². The van der Waals surface area contributed by atoms with Gasteiger partial charge in [0.25, 0.3) is 0 Å². The van der Waals surface area contributed by atoms with E-state index in [0.717, 1.165) is 122 Å². The molecular formula is C109H113N13O13. The van der Waals surface area contributed by atoms with E-state index in [2.05, 4.69) is 70.9 Å². The Kier molecular flexibility index (Phi) is 31.3. The number of benzene rings is 11. The number of aromatic hydroxyl groups is 3. The predicted molar refractivity (Wildman–Crippen MR) is 524 cm³/mol. The highest BCUT2D eigenvalue weighted by molar-refractivity contribution is 5.77. The Bertz CT molecular complexity index is 6350. The number of nitrogens with zero attached hydrogens (tertiary/aromatic N) is 11. The molecule has 0 bridgehead atoms. The Hall–Kier alpha value is -15.5. The first-order chi connectivity index (χ1) is 64.2. The maximum atomic E-state index is 13.2. The predicted octanol–water partition coefficient (Wildman–Crippen LogP) is 22.0. The maximum Gasteiger partial charge on any atom is 0.407 e. The number of isocyanates is 2. The van der Waals surface area contributed by atoms with Crippen molar-refractivity contribution in [3.8, 4) is 137 Å². The van der Waals surface area contributed by atoms with E-state index in [-0.39, 0.29) is 56.9 Å². The van der Waals surface area contributed by atoms with Gasteiger partial charge in [-0.2, -0.15) is 9.98 Å². The molecule has 0 atom stereocenters. The maximum absolute atomic E-state index is 13.2. The molecule has 3 heterocycles. The van der Waals surface area contributed by atoms with Crippen molar-refractivity contribution in [3.05, 3.63) is 301 Å². The zero-order valence-corrected chi connectivity index (χ0v) is 79.8. The van der Waals surface area contributed by atoms with Gasteiger partial charge in [0, 0.05) is 51.6 Å². The van der Waals surface area contributed by atoms with Crippen LogP contribution in [0.1, 0.15) is 144 Å². The molecule has 26 heteroatoms. The van der Waals surface area contributed by atoms with Crippen molar-refractivity contribution in [1.29, 1.82) is 0 Å². The number of rotatable bonds is 28. The molecule has 0 aliphatic heterocycles. The number of hydrogen-bond acceptors (Lipinski definition) is 24. The van der Waals surface area contributed by atoms with E-state index >= 15 is 0 Å². The molecule has 6 N–H and O–H groups in total. The van der Waals surface area contributed by atoms with Crippen LogP contribution >= 0.6 is 0 Å². The average molecular weight is 1810 g/mol. The number of amides is 2. The molecule has 135 heavy (non-hydrogen) atoms. The minimum atomic E-state index is -0.889. The summed E-state index contributed by atoms with van der Waals surface area (Å²) in [7, 11) is 0. The summed E-state index contributed by atoms with van der Waals surface area (Å²) in [6.45, 7) is 39.0. The van der Waals surface area contributed by atoms with Gasteiger partial charge in [-0.05, 0) is 231 Å². The third-order valence-electron chi connectivity index (χ3n) is 22.9. The van der Waals surface area contributed by atoms with Gasteiger partial charge >= 0.3 is 12.2 Å². The lowest BCUT2D eigenvalue weighted by Crippen LogP contribution is -2.43. The van der Waals surface area contributed by atoms with Crippen molar-refractivity contribution in [2.45, 2.75) is 161 Å². The van der Waals surface area contributed by atoms with Crippen molar-refractivity contribution in [2.75, 3.05) is 39.6 Å². The Labute approximate surface area is 787 Å². The smallest absolute Gasteiger partial charge is 0.407 e. The number of carbonyl (C=O) groups is 2. The number of aliphatic imine (C=N–C) groups is 2. The highest BCUT2D eigenvalue weighted by Crippen LogP contribution is 2.41. The van der Waals surface area contributed by atoms with Crippen LogP contribution < -0.4 is 24.8 Å². The van der Waals surface area contributed by atoms with E-state index in [4.69, 9.17) is 73.6 Å². The van der Waals surface area contributed by atoms with Crippen LogP contribution in [0.3, 0.4) is 0 Å². The number of phenolic OH excluding ortho intramolecular Hbond substituents is 3. The monoisotopic (exact) mass is 1810 g/mol. The van der Waals surface area contributed by atoms with E-state index in [1.807, 2.05) is 246 Å². The SMILES string of the molecule is CC(C)(N=C=O)c1cccc(C(C)(C)N=C=O)c1.Cc1ccc(-c2nc(-c3ccc(C)cc3C)nc(-c3ccc(OCCO)cc3O)n2)c(C)c1.Cc1ccc(-c2nc(-c3ccc(C)cc3C)nc(-c3ccc(OCCOC(=O)NC(C)(C)c4cccc(C(C)(C)NC(=O)OCCOc5ccc(-c6nc(-c7ccc(C)cc7C)nc(-c7ccc(C)cc7C)n6)c(O)c5)c4)cc3O)n2)c(C)c1. The number of ether oxygens (including phenoxy) is 5. The van der Waals surface area contributed by atoms with Crippen molar-refractivity contribution >= 4 is 24.3 Å². The number of carbonyl (C=O) groups excluding carboxylic acids is 4. The Morgan fingerprint density at radius 1 is 0.296 bits per heavy atom. The van der Waals surface area contributed by atoms with Gasteiger partial charge < -0.3 is 54.7 Å². The lowest BCUT2D eigenvalue weighted by atomic mass is 9.87. The summed E-state index contributed by atoms with van der Waals surface area (Å²) in [6.07, 6.45) is 1.83. The van der Waals surface area contributed by atoms with E-state index in [0.29, 0.717) is 86.4 Å². The second-order valence-corrected chi connectivity index (χ2v) is 35.6. The average Bonchev–Trinajstić information content (AvgIpc) is 0.740. The first-order valence-electron chi connectivity index (χ1n) is 44.2. The second-order valence-electron chi connectivity index (χ2n) is 35.6. The molecule has 14 aromatic rings. The fourth-order valence-corrected chi connectivity index (χ4v) is 15.4. The van der Waals surface area contributed by atoms with Gasteiger partial charge in [0.2, 0.25) is 12.2 Å². The summed E-state index contributed by atoms with van der Waals surface area (Å²) in [5.74, 6) is 5.04. The standard InChI is InChI=1S/C68H70N8O8.C27H27N3O3.C14H16N2O2/c1-39-16-22-51(43(5)32-39)59-69-60(52-23-17-40(2)33-44(52)6)72-63(71-59)55-26-20-49(37-57(55)77)81-28-30-83-65(79)75-67(9,10)47-14-13-15-48(36-47)68(11,12)76-66(80)84-31-29-82-50-21-27-56(58(78)38-50)64-73-61(53-24-18-41(3)34-45(53)7)70-62(74-64)54-25-19-42(4)35-46(54)8;1-16-5-8-21(18(3)13-16)25-28-26(22-9-6-17(2)14-19(22)4)30-27(29-25)23-10-7-20(15-24(23)32)33-12-11-31;1-13(2,15-9-17)11-6-5-7-12(8-11)14(3,4)16-10-18/h13-27,32-38,77-78H,28-31H2,1-12H3,(H,75,79)(H,76,80);5-10,13-15,31-32H,11-12H2,1-4H3;5-8H,1-4H3. The number of nitrogens with one attached hydrogen (secondary N) is 2. The van der Waals surface area contributed by atoms with Crippen LogP contribution in [0.25, 0.3) is 102 Å². The molecule has 2 amide bonds. The fourth-order valence-electron chi connectivity index (χ4n) is 15.4. The molecule has 11 aromatic carbocycles. The van der Waals surface area contributed by atoms with Gasteiger partial charge in [-0.15, -0.1) is 0 Å². The lowest BCUT2D eigenvalue weighted by molar-refractivity contribution is 0.116. The molecule has 26 nitrogen and oxygen atoms in total. The minimum absolute atomic E-state index is 0.00482.